The van der Waals surface area contributed by atoms with Crippen LogP contribution in [0.3, 0.4) is 0 Å². The standard InChI is InChI=1S/C24H22F3NO3/c1-3-14-9-10-19(18(25)11-14)28-12-17-21(24(28)29)23(31-13-20(26)27)16-8-6-5-7-15(16)22(17)30-4-2/h5-11,20H,3-4,12-13H2,1-2H3. The van der Waals surface area contributed by atoms with Gasteiger partial charge in [0.25, 0.3) is 12.3 Å². The highest BCUT2D eigenvalue weighted by molar-refractivity contribution is 6.16. The molecule has 0 fully saturated rings. The lowest BCUT2D eigenvalue weighted by Gasteiger charge is -2.17. The van der Waals surface area contributed by atoms with Crippen LogP contribution in [0, 0.1) is 5.82 Å². The highest BCUT2D eigenvalue weighted by Crippen LogP contribution is 2.46. The van der Waals surface area contributed by atoms with Crippen LogP contribution < -0.4 is 14.4 Å². The van der Waals surface area contributed by atoms with Crippen molar-refractivity contribution in [2.24, 2.45) is 0 Å². The Labute approximate surface area is 178 Å². The van der Waals surface area contributed by atoms with Crippen LogP contribution in [0.4, 0.5) is 18.9 Å². The number of anilines is 1. The average molecular weight is 429 g/mol. The van der Waals surface area contributed by atoms with Crippen molar-refractivity contribution >= 4 is 22.4 Å². The van der Waals surface area contributed by atoms with Crippen LogP contribution in [0.5, 0.6) is 11.5 Å². The highest BCUT2D eigenvalue weighted by Gasteiger charge is 2.37. The average Bonchev–Trinajstić information content (AvgIpc) is 3.10. The molecule has 1 heterocycles. The van der Waals surface area contributed by atoms with E-state index in [1.807, 2.05) is 13.8 Å². The van der Waals surface area contributed by atoms with Crippen molar-refractivity contribution in [1.82, 2.24) is 0 Å². The SMILES string of the molecule is CCOc1c2c(c(OCC(F)F)c3ccccc13)C(=O)N(c1ccc(CC)cc1F)C2. The second-order valence-corrected chi connectivity index (χ2v) is 7.22. The number of nitrogens with zero attached hydrogens (tertiary/aromatic N) is 1. The van der Waals surface area contributed by atoms with E-state index in [-0.39, 0.29) is 23.5 Å². The van der Waals surface area contributed by atoms with Gasteiger partial charge in [0.15, 0.2) is 0 Å². The van der Waals surface area contributed by atoms with Crippen molar-refractivity contribution in [3.63, 3.8) is 0 Å². The van der Waals surface area contributed by atoms with Crippen molar-refractivity contribution in [1.29, 1.82) is 0 Å². The first-order chi connectivity index (χ1) is 15.0. The van der Waals surface area contributed by atoms with Gasteiger partial charge in [0, 0.05) is 16.3 Å². The molecule has 0 bridgehead atoms. The molecule has 1 aliphatic rings. The molecule has 3 aromatic rings. The third-order valence-electron chi connectivity index (χ3n) is 5.35. The lowest BCUT2D eigenvalue weighted by molar-refractivity contribution is 0.0809. The molecule has 0 radical (unpaired) electrons. The van der Waals surface area contributed by atoms with Crippen LogP contribution in [0.1, 0.15) is 35.3 Å². The summed E-state index contributed by atoms with van der Waals surface area (Å²) in [6.07, 6.45) is -2.04. The van der Waals surface area contributed by atoms with Crippen LogP contribution in [0.2, 0.25) is 0 Å². The summed E-state index contributed by atoms with van der Waals surface area (Å²) in [5.74, 6) is -0.460. The Hall–Kier alpha value is -3.22. The van der Waals surface area contributed by atoms with Gasteiger partial charge >= 0.3 is 0 Å². The summed E-state index contributed by atoms with van der Waals surface area (Å²) < 4.78 is 52.0. The molecule has 0 N–H and O–H groups in total. The molecule has 31 heavy (non-hydrogen) atoms. The van der Waals surface area contributed by atoms with Gasteiger partial charge in [-0.1, -0.05) is 37.3 Å². The summed E-state index contributed by atoms with van der Waals surface area (Å²) in [7, 11) is 0. The molecular formula is C24H22F3NO3. The van der Waals surface area contributed by atoms with E-state index >= 15 is 0 Å². The number of hydrogen-bond donors (Lipinski definition) is 0. The monoisotopic (exact) mass is 429 g/mol. The lowest BCUT2D eigenvalue weighted by Crippen LogP contribution is -2.24. The molecule has 1 aliphatic heterocycles. The molecule has 0 saturated heterocycles. The predicted molar refractivity (Wildman–Crippen MR) is 113 cm³/mol. The molecule has 162 valence electrons. The normalized spacial score (nSPS) is 13.2. The topological polar surface area (TPSA) is 38.8 Å². The molecule has 4 rings (SSSR count). The van der Waals surface area contributed by atoms with E-state index in [0.29, 0.717) is 35.1 Å². The van der Waals surface area contributed by atoms with E-state index < -0.39 is 24.8 Å². The first-order valence-electron chi connectivity index (χ1n) is 10.2. The Morgan fingerprint density at radius 3 is 2.35 bits per heavy atom. The van der Waals surface area contributed by atoms with Crippen LogP contribution in [-0.4, -0.2) is 25.5 Å². The van der Waals surface area contributed by atoms with E-state index in [2.05, 4.69) is 0 Å². The number of halogens is 3. The fourth-order valence-electron chi connectivity index (χ4n) is 3.96. The fourth-order valence-corrected chi connectivity index (χ4v) is 3.96. The Kier molecular flexibility index (Phi) is 5.76. The Balaban J connectivity index is 1.91. The number of fused-ring (bicyclic) bond motifs is 2. The summed E-state index contributed by atoms with van der Waals surface area (Å²) in [5, 5.41) is 1.16. The number of rotatable bonds is 7. The zero-order valence-electron chi connectivity index (χ0n) is 17.3. The number of hydrogen-bond acceptors (Lipinski definition) is 3. The summed E-state index contributed by atoms with van der Waals surface area (Å²) in [5.41, 5.74) is 1.59. The molecule has 0 aromatic heterocycles. The number of alkyl halides is 2. The van der Waals surface area contributed by atoms with Gasteiger partial charge in [-0.05, 0) is 31.0 Å². The number of benzene rings is 3. The van der Waals surface area contributed by atoms with E-state index in [1.54, 1.807) is 36.4 Å². The van der Waals surface area contributed by atoms with Crippen molar-refractivity contribution in [3.8, 4) is 11.5 Å². The number of carbonyl (C=O) groups excluding carboxylic acids is 1. The summed E-state index contributed by atoms with van der Waals surface area (Å²) in [6.45, 7) is 3.29. The maximum absolute atomic E-state index is 14.8. The molecule has 1 amide bonds. The minimum absolute atomic E-state index is 0.0573. The van der Waals surface area contributed by atoms with Gasteiger partial charge in [-0.15, -0.1) is 0 Å². The van der Waals surface area contributed by atoms with Crippen molar-refractivity contribution in [3.05, 3.63) is 65.0 Å². The lowest BCUT2D eigenvalue weighted by atomic mass is 9.99. The van der Waals surface area contributed by atoms with E-state index in [0.717, 1.165) is 5.56 Å². The Morgan fingerprint density at radius 2 is 1.74 bits per heavy atom. The third kappa shape index (κ3) is 3.69. The van der Waals surface area contributed by atoms with Gasteiger partial charge in [0.2, 0.25) is 0 Å². The highest BCUT2D eigenvalue weighted by atomic mass is 19.3. The molecule has 3 aromatic carbocycles. The van der Waals surface area contributed by atoms with Gasteiger partial charge in [-0.3, -0.25) is 4.79 Å². The van der Waals surface area contributed by atoms with Gasteiger partial charge in [0.1, 0.15) is 23.9 Å². The van der Waals surface area contributed by atoms with E-state index in [4.69, 9.17) is 9.47 Å². The van der Waals surface area contributed by atoms with Gasteiger partial charge in [-0.2, -0.15) is 0 Å². The maximum Gasteiger partial charge on any atom is 0.272 e. The smallest absolute Gasteiger partial charge is 0.272 e. The Morgan fingerprint density at radius 1 is 1.03 bits per heavy atom. The second kappa shape index (κ2) is 8.49. The molecular weight excluding hydrogens is 407 g/mol. The zero-order chi connectivity index (χ0) is 22.1. The molecule has 4 nitrogen and oxygen atoms in total. The number of carbonyl (C=O) groups is 1. The van der Waals surface area contributed by atoms with Crippen LogP contribution in [-0.2, 0) is 13.0 Å². The maximum atomic E-state index is 14.8. The van der Waals surface area contributed by atoms with Gasteiger partial charge in [-0.25, -0.2) is 13.2 Å². The molecule has 0 saturated carbocycles. The third-order valence-corrected chi connectivity index (χ3v) is 5.35. The van der Waals surface area contributed by atoms with Crippen LogP contribution >= 0.6 is 0 Å². The first kappa shape index (κ1) is 21.0. The minimum atomic E-state index is -2.70. The quantitative estimate of drug-likeness (QED) is 0.481. The fraction of sp³-hybridized carbons (Fsp3) is 0.292. The van der Waals surface area contributed by atoms with E-state index in [1.165, 1.54) is 11.0 Å². The van der Waals surface area contributed by atoms with Crippen molar-refractivity contribution < 1.29 is 27.4 Å². The molecule has 0 aliphatic carbocycles. The minimum Gasteiger partial charge on any atom is -0.493 e. The summed E-state index contributed by atoms with van der Waals surface area (Å²) >= 11 is 0. The van der Waals surface area contributed by atoms with Gasteiger partial charge < -0.3 is 14.4 Å². The Bertz CT molecular complexity index is 1150. The number of amides is 1. The molecule has 7 heteroatoms. The summed E-state index contributed by atoms with van der Waals surface area (Å²) in [4.78, 5) is 14.7. The van der Waals surface area contributed by atoms with Crippen LogP contribution in [0.25, 0.3) is 10.8 Å². The predicted octanol–water partition coefficient (Wildman–Crippen LogP) is 5.74. The molecule has 0 unspecified atom stereocenters. The zero-order valence-corrected chi connectivity index (χ0v) is 17.3. The van der Waals surface area contributed by atoms with Crippen molar-refractivity contribution in [2.75, 3.05) is 18.1 Å². The van der Waals surface area contributed by atoms with Crippen molar-refractivity contribution in [2.45, 2.75) is 33.2 Å². The summed E-state index contributed by atoms with van der Waals surface area (Å²) in [6, 6.07) is 11.8. The van der Waals surface area contributed by atoms with Gasteiger partial charge in [0.05, 0.1) is 24.4 Å². The number of ether oxygens (including phenoxy) is 2. The molecule has 0 atom stereocenters. The number of aryl methyl sites for hydroxylation is 1. The molecule has 0 spiro atoms. The first-order valence-corrected chi connectivity index (χ1v) is 10.2. The van der Waals surface area contributed by atoms with Crippen LogP contribution in [0.15, 0.2) is 42.5 Å². The largest absolute Gasteiger partial charge is 0.493 e. The second-order valence-electron chi connectivity index (χ2n) is 7.22. The van der Waals surface area contributed by atoms with E-state index in [9.17, 15) is 18.0 Å².